The molecule has 25 heavy (non-hydrogen) atoms. The minimum Gasteiger partial charge on any atom is -0.396 e. The van der Waals surface area contributed by atoms with Gasteiger partial charge in [-0.3, -0.25) is 4.79 Å². The fourth-order valence-corrected chi connectivity index (χ4v) is 3.72. The lowest BCUT2D eigenvalue weighted by Crippen LogP contribution is -2.21. The van der Waals surface area contributed by atoms with E-state index in [1.165, 1.54) is 0 Å². The van der Waals surface area contributed by atoms with Gasteiger partial charge in [0.05, 0.1) is 5.71 Å². The topological polar surface area (TPSA) is 51.6 Å². The molecule has 0 N–H and O–H groups in total. The zero-order valence-corrected chi connectivity index (χ0v) is 16.5. The number of pyridine rings is 1. The minimum atomic E-state index is 0.0746. The van der Waals surface area contributed by atoms with Crippen LogP contribution in [0.25, 0.3) is 0 Å². The molecule has 136 valence electrons. The number of allylic oxidation sites excluding steroid dienone is 2. The first kappa shape index (κ1) is 19.6. The molecule has 1 unspecified atom stereocenters. The first-order valence-corrected chi connectivity index (χ1v) is 9.34. The number of carbonyl (C=O) groups is 1. The fraction of sp³-hybridized carbons (Fsp3) is 0.550. The summed E-state index contributed by atoms with van der Waals surface area (Å²) in [5.74, 6) is 0.183. The van der Waals surface area contributed by atoms with Crippen molar-refractivity contribution in [3.8, 4) is 0 Å². The lowest BCUT2D eigenvalue weighted by Gasteiger charge is -2.25. The molecule has 0 fully saturated rings. The quantitative estimate of drug-likeness (QED) is 0.395. The highest BCUT2D eigenvalue weighted by molar-refractivity contribution is 6.30. The average Bonchev–Trinajstić information content (AvgIpc) is 2.57. The van der Waals surface area contributed by atoms with Gasteiger partial charge in [0.15, 0.2) is 5.78 Å². The summed E-state index contributed by atoms with van der Waals surface area (Å²) in [5, 5.41) is 4.67. The summed E-state index contributed by atoms with van der Waals surface area (Å²) in [6.07, 6.45) is 4.86. The van der Waals surface area contributed by atoms with Crippen molar-refractivity contribution in [3.63, 3.8) is 0 Å². The van der Waals surface area contributed by atoms with E-state index < -0.39 is 0 Å². The predicted molar refractivity (Wildman–Crippen MR) is 102 cm³/mol. The van der Waals surface area contributed by atoms with Crippen molar-refractivity contribution in [3.05, 3.63) is 39.2 Å². The van der Waals surface area contributed by atoms with Gasteiger partial charge in [0.1, 0.15) is 11.8 Å². The van der Waals surface area contributed by atoms with Gasteiger partial charge < -0.3 is 4.84 Å². The molecular formula is C20H27ClN2O2. The number of aromatic nitrogens is 1. The Hall–Kier alpha value is -1.68. The molecular weight excluding hydrogens is 336 g/mol. The maximum absolute atomic E-state index is 12.8. The van der Waals surface area contributed by atoms with E-state index in [9.17, 15) is 4.79 Å². The van der Waals surface area contributed by atoms with Gasteiger partial charge in [-0.25, -0.2) is 4.98 Å². The summed E-state index contributed by atoms with van der Waals surface area (Å²) in [5.41, 5.74) is 5.70. The van der Waals surface area contributed by atoms with Crippen molar-refractivity contribution in [2.45, 2.75) is 66.2 Å². The number of hydrogen-bond acceptors (Lipinski definition) is 4. The van der Waals surface area contributed by atoms with Gasteiger partial charge in [-0.15, -0.1) is 0 Å². The summed E-state index contributed by atoms with van der Waals surface area (Å²) in [6, 6.07) is 0. The largest absolute Gasteiger partial charge is 0.396 e. The van der Waals surface area contributed by atoms with E-state index in [1.807, 2.05) is 19.9 Å². The molecule has 1 heterocycles. The third kappa shape index (κ3) is 4.30. The van der Waals surface area contributed by atoms with Crippen LogP contribution >= 0.6 is 11.6 Å². The Balaban J connectivity index is 2.33. The Morgan fingerprint density at radius 3 is 2.64 bits per heavy atom. The van der Waals surface area contributed by atoms with Crippen molar-refractivity contribution >= 4 is 23.1 Å². The minimum absolute atomic E-state index is 0.0746. The molecule has 1 aliphatic rings. The zero-order valence-electron chi connectivity index (χ0n) is 15.8. The maximum Gasteiger partial charge on any atom is 0.165 e. The van der Waals surface area contributed by atoms with Crippen molar-refractivity contribution in [1.82, 2.24) is 4.98 Å². The number of rotatable bonds is 6. The molecule has 0 radical (unpaired) electrons. The van der Waals surface area contributed by atoms with Crippen LogP contribution in [-0.4, -0.2) is 23.1 Å². The van der Waals surface area contributed by atoms with Crippen LogP contribution in [0.15, 0.2) is 16.8 Å². The second-order valence-electron chi connectivity index (χ2n) is 6.54. The van der Waals surface area contributed by atoms with Gasteiger partial charge in [0.2, 0.25) is 0 Å². The van der Waals surface area contributed by atoms with Crippen LogP contribution in [0.2, 0.25) is 5.15 Å². The highest BCUT2D eigenvalue weighted by atomic mass is 35.5. The molecule has 4 nitrogen and oxygen atoms in total. The molecule has 0 amide bonds. The molecule has 1 aromatic rings. The number of ketones is 1. The Bertz CT molecular complexity index is 723. The van der Waals surface area contributed by atoms with E-state index in [0.717, 1.165) is 47.4 Å². The van der Waals surface area contributed by atoms with E-state index in [-0.39, 0.29) is 11.7 Å². The van der Waals surface area contributed by atoms with Gasteiger partial charge in [-0.2, -0.15) is 0 Å². The number of Topliss-reactive ketones (excluding diaryl/α,β-unsaturated/α-hetero) is 1. The maximum atomic E-state index is 12.8. The Morgan fingerprint density at radius 1 is 1.32 bits per heavy atom. The number of carbonyl (C=O) groups excluding carboxylic acids is 1. The van der Waals surface area contributed by atoms with Crippen LogP contribution < -0.4 is 0 Å². The number of oxime groups is 1. The zero-order chi connectivity index (χ0) is 18.6. The highest BCUT2D eigenvalue weighted by Gasteiger charge is 2.29. The summed E-state index contributed by atoms with van der Waals surface area (Å²) in [7, 11) is 0. The molecule has 0 saturated heterocycles. The van der Waals surface area contributed by atoms with Crippen molar-refractivity contribution in [2.75, 3.05) is 6.61 Å². The first-order valence-electron chi connectivity index (χ1n) is 8.96. The lowest BCUT2D eigenvalue weighted by molar-refractivity contribution is -0.115. The van der Waals surface area contributed by atoms with Crippen LogP contribution in [0.1, 0.15) is 67.8 Å². The normalized spacial score (nSPS) is 18.3. The van der Waals surface area contributed by atoms with Crippen molar-refractivity contribution in [1.29, 1.82) is 0 Å². The molecule has 0 spiro atoms. The standard InChI is InChI=1S/C20H27ClN2O2/c1-6-8-17(23-25-7-2)16-10-9-15(11-18(16)24)19-13(4)12(3)14(5)22-20(19)21/h10,15H,6-9,11H2,1-5H3. The van der Waals surface area contributed by atoms with Crippen LogP contribution in [0, 0.1) is 20.8 Å². The van der Waals surface area contributed by atoms with Gasteiger partial charge in [0.25, 0.3) is 0 Å². The Labute approximate surface area is 155 Å². The van der Waals surface area contributed by atoms with Crippen molar-refractivity contribution < 1.29 is 9.63 Å². The lowest BCUT2D eigenvalue weighted by atomic mass is 9.80. The summed E-state index contributed by atoms with van der Waals surface area (Å²) in [6.45, 7) is 10.5. The fourth-order valence-electron chi connectivity index (χ4n) is 3.29. The average molecular weight is 363 g/mol. The molecule has 0 bridgehead atoms. The molecule has 1 atom stereocenters. The van der Waals surface area contributed by atoms with E-state index in [2.05, 4.69) is 30.9 Å². The number of nitrogens with zero attached hydrogens (tertiary/aromatic N) is 2. The Morgan fingerprint density at radius 2 is 2.04 bits per heavy atom. The molecule has 0 saturated carbocycles. The van der Waals surface area contributed by atoms with E-state index in [0.29, 0.717) is 23.8 Å². The predicted octanol–water partition coefficient (Wildman–Crippen LogP) is 5.23. The Kier molecular flexibility index (Phi) is 6.77. The second-order valence-corrected chi connectivity index (χ2v) is 6.89. The van der Waals surface area contributed by atoms with Gasteiger partial charge >= 0.3 is 0 Å². The third-order valence-corrected chi connectivity index (χ3v) is 5.13. The SMILES string of the molecule is CCCC(=NOCC)C1=CCC(c2c(Cl)nc(C)c(C)c2C)CC1=O. The smallest absolute Gasteiger partial charge is 0.165 e. The monoisotopic (exact) mass is 362 g/mol. The molecule has 5 heteroatoms. The van der Waals surface area contributed by atoms with Crippen molar-refractivity contribution in [2.24, 2.45) is 5.16 Å². The summed E-state index contributed by atoms with van der Waals surface area (Å²) in [4.78, 5) is 22.4. The second kappa shape index (κ2) is 8.61. The highest BCUT2D eigenvalue weighted by Crippen LogP contribution is 2.37. The van der Waals surface area contributed by atoms with E-state index >= 15 is 0 Å². The van der Waals surface area contributed by atoms with Gasteiger partial charge in [-0.05, 0) is 63.1 Å². The van der Waals surface area contributed by atoms with Gasteiger partial charge in [-0.1, -0.05) is 36.2 Å². The summed E-state index contributed by atoms with van der Waals surface area (Å²) < 4.78 is 0. The van der Waals surface area contributed by atoms with E-state index in [1.54, 1.807) is 0 Å². The molecule has 0 aromatic carbocycles. The summed E-state index contributed by atoms with van der Waals surface area (Å²) >= 11 is 6.42. The van der Waals surface area contributed by atoms with Crippen LogP contribution in [0.4, 0.5) is 0 Å². The molecule has 0 aliphatic heterocycles. The first-order chi connectivity index (χ1) is 11.9. The number of aryl methyl sites for hydroxylation is 1. The molecule has 1 aliphatic carbocycles. The van der Waals surface area contributed by atoms with E-state index in [4.69, 9.17) is 16.4 Å². The third-order valence-electron chi connectivity index (χ3n) is 4.85. The number of halogens is 1. The van der Waals surface area contributed by atoms with Crippen LogP contribution in [0.3, 0.4) is 0 Å². The van der Waals surface area contributed by atoms with Gasteiger partial charge in [0, 0.05) is 17.7 Å². The number of hydrogen-bond donors (Lipinski definition) is 0. The van der Waals surface area contributed by atoms with Crippen LogP contribution in [-0.2, 0) is 9.63 Å². The van der Waals surface area contributed by atoms with Crippen LogP contribution in [0.5, 0.6) is 0 Å². The molecule has 1 aromatic heterocycles. The molecule has 2 rings (SSSR count).